The van der Waals surface area contributed by atoms with E-state index in [1.54, 1.807) is 22.5 Å². The molecule has 0 spiro atoms. The fourth-order valence-electron chi connectivity index (χ4n) is 3.06. The van der Waals surface area contributed by atoms with Gasteiger partial charge in [-0.1, -0.05) is 12.0 Å². The molecule has 1 aromatic carbocycles. The zero-order valence-corrected chi connectivity index (χ0v) is 13.7. The van der Waals surface area contributed by atoms with Crippen LogP contribution in [0.25, 0.3) is 5.57 Å². The molecule has 0 aliphatic carbocycles. The van der Waals surface area contributed by atoms with Gasteiger partial charge in [0.05, 0.1) is 4.90 Å². The number of carbonyl (C=O) groups excluding carboxylic acids is 1. The Morgan fingerprint density at radius 1 is 1.14 bits per heavy atom. The Kier molecular flexibility index (Phi) is 3.82. The van der Waals surface area contributed by atoms with Gasteiger partial charge in [-0.25, -0.2) is 8.42 Å². The minimum atomic E-state index is -3.48. The predicted octanol–water partition coefficient (Wildman–Crippen LogP) is 2.61. The highest BCUT2D eigenvalue weighted by Gasteiger charge is 2.30. The summed E-state index contributed by atoms with van der Waals surface area (Å²) in [6, 6.07) is 4.89. The van der Waals surface area contributed by atoms with Crippen LogP contribution in [0.1, 0.15) is 38.7 Å². The summed E-state index contributed by atoms with van der Waals surface area (Å²) in [5, 5.41) is 2.78. The normalized spacial score (nSPS) is 19.0. The van der Waals surface area contributed by atoms with Gasteiger partial charge in [0.15, 0.2) is 0 Å². The van der Waals surface area contributed by atoms with Crippen molar-refractivity contribution in [3.63, 3.8) is 0 Å². The van der Waals surface area contributed by atoms with Gasteiger partial charge in [0, 0.05) is 29.9 Å². The number of anilines is 1. The van der Waals surface area contributed by atoms with Crippen molar-refractivity contribution >= 4 is 27.2 Å². The van der Waals surface area contributed by atoms with Crippen LogP contribution in [0.5, 0.6) is 0 Å². The van der Waals surface area contributed by atoms with E-state index >= 15 is 0 Å². The van der Waals surface area contributed by atoms with Crippen molar-refractivity contribution in [1.29, 1.82) is 0 Å². The van der Waals surface area contributed by atoms with Crippen LogP contribution in [0.15, 0.2) is 28.7 Å². The van der Waals surface area contributed by atoms with Crippen LogP contribution < -0.4 is 5.32 Å². The minimum absolute atomic E-state index is 0.164. The van der Waals surface area contributed by atoms with Gasteiger partial charge in [-0.05, 0) is 44.9 Å². The number of nitrogens with one attached hydrogen (secondary N) is 1. The molecule has 0 aromatic heterocycles. The third-order valence-electron chi connectivity index (χ3n) is 4.19. The lowest BCUT2D eigenvalue weighted by Gasteiger charge is -2.26. The van der Waals surface area contributed by atoms with Crippen LogP contribution in [-0.2, 0) is 14.8 Å². The molecule has 0 atom stereocenters. The lowest BCUT2D eigenvalue weighted by atomic mass is 10.0. The van der Waals surface area contributed by atoms with Gasteiger partial charge in [-0.2, -0.15) is 4.31 Å². The van der Waals surface area contributed by atoms with E-state index in [-0.39, 0.29) is 10.8 Å². The van der Waals surface area contributed by atoms with E-state index in [1.807, 2.05) is 13.8 Å². The molecule has 2 aliphatic heterocycles. The van der Waals surface area contributed by atoms with Gasteiger partial charge >= 0.3 is 0 Å². The molecule has 1 saturated heterocycles. The fraction of sp³-hybridized carbons (Fsp3) is 0.438. The van der Waals surface area contributed by atoms with Crippen LogP contribution in [-0.4, -0.2) is 31.7 Å². The first-order valence-electron chi connectivity index (χ1n) is 7.54. The van der Waals surface area contributed by atoms with Crippen molar-refractivity contribution < 1.29 is 13.2 Å². The molecule has 1 aromatic rings. The standard InChI is InChI=1S/C16H20N2O3S/c1-11(2)15-13-10-12(6-7-14(13)17-16(15)19)22(20,21)18-8-4-3-5-9-18/h6-7,10H,3-5,8-9H2,1-2H3,(H,17,19). The SMILES string of the molecule is CC(C)=C1C(=O)Nc2ccc(S(=O)(=O)N3CCCCC3)cc21. The molecule has 1 fully saturated rings. The molecule has 0 saturated carbocycles. The van der Waals surface area contributed by atoms with Crippen molar-refractivity contribution in [1.82, 2.24) is 4.31 Å². The van der Waals surface area contributed by atoms with Crippen LogP contribution >= 0.6 is 0 Å². The summed E-state index contributed by atoms with van der Waals surface area (Å²) in [6.07, 6.45) is 2.89. The predicted molar refractivity (Wildman–Crippen MR) is 85.9 cm³/mol. The molecule has 0 bridgehead atoms. The maximum absolute atomic E-state index is 12.7. The van der Waals surface area contributed by atoms with E-state index in [9.17, 15) is 13.2 Å². The molecule has 118 valence electrons. The average Bonchev–Trinajstić information content (AvgIpc) is 2.83. The second kappa shape index (κ2) is 5.52. The van der Waals surface area contributed by atoms with Gasteiger partial charge in [-0.3, -0.25) is 4.79 Å². The summed E-state index contributed by atoms with van der Waals surface area (Å²) in [5.41, 5.74) is 2.82. The highest BCUT2D eigenvalue weighted by molar-refractivity contribution is 7.89. The number of rotatable bonds is 2. The number of allylic oxidation sites excluding steroid dienone is 1. The first-order valence-corrected chi connectivity index (χ1v) is 8.98. The Morgan fingerprint density at radius 2 is 1.82 bits per heavy atom. The molecule has 2 heterocycles. The second-order valence-electron chi connectivity index (χ2n) is 6.00. The van der Waals surface area contributed by atoms with E-state index in [0.29, 0.717) is 29.9 Å². The Balaban J connectivity index is 2.05. The first kappa shape index (κ1) is 15.2. The largest absolute Gasteiger partial charge is 0.321 e. The van der Waals surface area contributed by atoms with E-state index in [1.165, 1.54) is 0 Å². The molecular formula is C16H20N2O3S. The third-order valence-corrected chi connectivity index (χ3v) is 6.08. The topological polar surface area (TPSA) is 66.5 Å². The Labute approximate surface area is 131 Å². The average molecular weight is 320 g/mol. The van der Waals surface area contributed by atoms with Gasteiger partial charge < -0.3 is 5.32 Å². The highest BCUT2D eigenvalue weighted by Crippen LogP contribution is 2.36. The number of nitrogens with zero attached hydrogens (tertiary/aromatic N) is 1. The monoisotopic (exact) mass is 320 g/mol. The van der Waals surface area contributed by atoms with Crippen molar-refractivity contribution in [2.24, 2.45) is 0 Å². The summed E-state index contributed by atoms with van der Waals surface area (Å²) < 4.78 is 27.0. The maximum Gasteiger partial charge on any atom is 0.256 e. The second-order valence-corrected chi connectivity index (χ2v) is 7.94. The quantitative estimate of drug-likeness (QED) is 0.852. The van der Waals surface area contributed by atoms with Crippen LogP contribution in [0.4, 0.5) is 5.69 Å². The Bertz CT molecular complexity index is 756. The number of benzene rings is 1. The number of fused-ring (bicyclic) bond motifs is 1. The number of carbonyl (C=O) groups is 1. The van der Waals surface area contributed by atoms with Crippen LogP contribution in [0.3, 0.4) is 0 Å². The van der Waals surface area contributed by atoms with Crippen molar-refractivity contribution in [3.05, 3.63) is 29.3 Å². The number of piperidine rings is 1. The highest BCUT2D eigenvalue weighted by atomic mass is 32.2. The molecule has 6 heteroatoms. The van der Waals surface area contributed by atoms with Gasteiger partial charge in [-0.15, -0.1) is 0 Å². The van der Waals surface area contributed by atoms with Crippen molar-refractivity contribution in [2.45, 2.75) is 38.0 Å². The molecule has 1 N–H and O–H groups in total. The van der Waals surface area contributed by atoms with E-state index in [2.05, 4.69) is 5.32 Å². The van der Waals surface area contributed by atoms with Gasteiger partial charge in [0.25, 0.3) is 5.91 Å². The Morgan fingerprint density at radius 3 is 2.45 bits per heavy atom. The van der Waals surface area contributed by atoms with Crippen molar-refractivity contribution in [3.8, 4) is 0 Å². The molecule has 22 heavy (non-hydrogen) atoms. The first-order chi connectivity index (χ1) is 10.4. The fourth-order valence-corrected chi connectivity index (χ4v) is 4.60. The summed E-state index contributed by atoms with van der Waals surface area (Å²) in [7, 11) is -3.48. The summed E-state index contributed by atoms with van der Waals surface area (Å²) in [4.78, 5) is 12.3. The molecule has 5 nitrogen and oxygen atoms in total. The molecule has 0 radical (unpaired) electrons. The molecule has 0 unspecified atom stereocenters. The zero-order valence-electron chi connectivity index (χ0n) is 12.8. The molecule has 2 aliphatic rings. The minimum Gasteiger partial charge on any atom is -0.321 e. The summed E-state index contributed by atoms with van der Waals surface area (Å²) in [5.74, 6) is -0.164. The van der Waals surface area contributed by atoms with Gasteiger partial charge in [0.2, 0.25) is 10.0 Å². The smallest absolute Gasteiger partial charge is 0.256 e. The summed E-state index contributed by atoms with van der Waals surface area (Å²) >= 11 is 0. The van der Waals surface area contributed by atoms with E-state index < -0.39 is 10.0 Å². The van der Waals surface area contributed by atoms with Gasteiger partial charge in [0.1, 0.15) is 0 Å². The van der Waals surface area contributed by atoms with E-state index in [4.69, 9.17) is 0 Å². The lowest BCUT2D eigenvalue weighted by Crippen LogP contribution is -2.35. The Hall–Kier alpha value is -1.66. The number of hydrogen-bond acceptors (Lipinski definition) is 3. The maximum atomic E-state index is 12.7. The molecule has 3 rings (SSSR count). The number of hydrogen-bond donors (Lipinski definition) is 1. The van der Waals surface area contributed by atoms with Crippen molar-refractivity contribution in [2.75, 3.05) is 18.4 Å². The van der Waals surface area contributed by atoms with Crippen LogP contribution in [0, 0.1) is 0 Å². The summed E-state index contributed by atoms with van der Waals surface area (Å²) in [6.45, 7) is 4.86. The third kappa shape index (κ3) is 2.46. The van der Waals surface area contributed by atoms with E-state index in [0.717, 1.165) is 24.8 Å². The number of sulfonamides is 1. The molecule has 1 amide bonds. The lowest BCUT2D eigenvalue weighted by molar-refractivity contribution is -0.110. The molecular weight excluding hydrogens is 300 g/mol. The van der Waals surface area contributed by atoms with Crippen LogP contribution in [0.2, 0.25) is 0 Å². The number of amides is 1. The zero-order chi connectivity index (χ0) is 15.9.